The monoisotopic (exact) mass is 455 g/mol. The molecule has 0 saturated carbocycles. The number of hydrogen-bond donors (Lipinski definition) is 1. The molecule has 0 atom stereocenters. The second-order valence-electron chi connectivity index (χ2n) is 7.45. The van der Waals surface area contributed by atoms with Gasteiger partial charge in [0.2, 0.25) is 0 Å². The lowest BCUT2D eigenvalue weighted by atomic mass is 10.0. The van der Waals surface area contributed by atoms with Gasteiger partial charge in [0.1, 0.15) is 5.82 Å². The van der Waals surface area contributed by atoms with Crippen LogP contribution in [0, 0.1) is 0 Å². The number of anilines is 1. The van der Waals surface area contributed by atoms with Gasteiger partial charge in [-0.05, 0) is 37.1 Å². The van der Waals surface area contributed by atoms with Gasteiger partial charge in [-0.15, -0.1) is 4.40 Å². The molecule has 0 aliphatic carbocycles. The number of halogens is 3. The molecule has 3 aliphatic heterocycles. The normalized spacial score (nSPS) is 21.3. The Labute approximate surface area is 177 Å². The average Bonchev–Trinajstić information content (AvgIpc) is 2.72. The standard InChI is InChI=1S/C19H20F3N5O3S/c20-19(21,22)13-3-4-16(23-12-13)26-8-5-14(6-9-26)24-18(28)15-2-1-7-27-10-11-31(29,30)25-17(15)27/h1-4,7,12,14H,5-6,8-11H2,(H,24,28). The SMILES string of the molecule is O=C(NC1CCN(c2ccc(C(F)(F)F)cn2)CC1)C1=CC=CN2CCS(=O)(=O)N=C12. The lowest BCUT2D eigenvalue weighted by Gasteiger charge is -2.34. The molecule has 31 heavy (non-hydrogen) atoms. The van der Waals surface area contributed by atoms with Crippen LogP contribution in [0.25, 0.3) is 0 Å². The van der Waals surface area contributed by atoms with Gasteiger partial charge in [0.15, 0.2) is 5.84 Å². The highest BCUT2D eigenvalue weighted by Gasteiger charge is 2.32. The molecule has 3 aliphatic rings. The number of carbonyl (C=O) groups excluding carboxylic acids is 1. The van der Waals surface area contributed by atoms with Crippen LogP contribution in [0.4, 0.5) is 19.0 Å². The summed E-state index contributed by atoms with van der Waals surface area (Å²) in [5.74, 6) is 0.0656. The molecule has 12 heteroatoms. The predicted molar refractivity (Wildman–Crippen MR) is 108 cm³/mol. The Balaban J connectivity index is 1.37. The van der Waals surface area contributed by atoms with E-state index >= 15 is 0 Å². The summed E-state index contributed by atoms with van der Waals surface area (Å²) < 4.78 is 65.5. The van der Waals surface area contributed by atoms with Gasteiger partial charge in [0.05, 0.1) is 16.9 Å². The molecular formula is C19H20F3N5O3S. The largest absolute Gasteiger partial charge is 0.417 e. The molecule has 4 heterocycles. The van der Waals surface area contributed by atoms with E-state index in [0.717, 1.165) is 12.3 Å². The minimum Gasteiger partial charge on any atom is -0.356 e. The Morgan fingerprint density at radius 3 is 2.55 bits per heavy atom. The number of carbonyl (C=O) groups is 1. The second kappa shape index (κ2) is 7.98. The van der Waals surface area contributed by atoms with E-state index in [2.05, 4.69) is 14.7 Å². The summed E-state index contributed by atoms with van der Waals surface area (Å²) in [6.07, 6.45) is 2.43. The van der Waals surface area contributed by atoms with Crippen molar-refractivity contribution in [2.75, 3.05) is 30.3 Å². The first-order valence-corrected chi connectivity index (χ1v) is 11.3. The van der Waals surface area contributed by atoms with Crippen molar-refractivity contribution in [2.24, 2.45) is 4.40 Å². The summed E-state index contributed by atoms with van der Waals surface area (Å²) in [6.45, 7) is 1.27. The van der Waals surface area contributed by atoms with Crippen LogP contribution < -0.4 is 10.2 Å². The third kappa shape index (κ3) is 4.73. The van der Waals surface area contributed by atoms with Gasteiger partial charge in [0, 0.05) is 38.1 Å². The quantitative estimate of drug-likeness (QED) is 0.746. The highest BCUT2D eigenvalue weighted by atomic mass is 32.2. The number of alkyl halides is 3. The summed E-state index contributed by atoms with van der Waals surface area (Å²) in [5, 5.41) is 2.91. The fraction of sp³-hybridized carbons (Fsp3) is 0.421. The topological polar surface area (TPSA) is 95.0 Å². The fourth-order valence-corrected chi connectivity index (χ4v) is 4.64. The zero-order valence-corrected chi connectivity index (χ0v) is 17.2. The molecule has 1 aromatic heterocycles. The number of aromatic nitrogens is 1. The van der Waals surface area contributed by atoms with E-state index in [0.29, 0.717) is 31.7 Å². The summed E-state index contributed by atoms with van der Waals surface area (Å²) in [7, 11) is -3.60. The van der Waals surface area contributed by atoms with Crippen LogP contribution in [0.5, 0.6) is 0 Å². The highest BCUT2D eigenvalue weighted by Crippen LogP contribution is 2.30. The summed E-state index contributed by atoms with van der Waals surface area (Å²) in [6, 6.07) is 2.19. The molecule has 1 amide bonds. The van der Waals surface area contributed by atoms with Crippen LogP contribution in [-0.4, -0.2) is 61.5 Å². The van der Waals surface area contributed by atoms with Crippen molar-refractivity contribution in [1.82, 2.24) is 15.2 Å². The van der Waals surface area contributed by atoms with E-state index in [9.17, 15) is 26.4 Å². The van der Waals surface area contributed by atoms with Crippen LogP contribution >= 0.6 is 0 Å². The fourth-order valence-electron chi connectivity index (χ4n) is 3.65. The first-order valence-electron chi connectivity index (χ1n) is 9.70. The number of piperidine rings is 1. The number of amidine groups is 1. The number of allylic oxidation sites excluding steroid dienone is 2. The minimum atomic E-state index is -4.43. The Kier molecular flexibility index (Phi) is 5.50. The van der Waals surface area contributed by atoms with Gasteiger partial charge in [-0.1, -0.05) is 0 Å². The molecular weight excluding hydrogens is 435 g/mol. The average molecular weight is 455 g/mol. The third-order valence-corrected chi connectivity index (χ3v) is 6.48. The van der Waals surface area contributed by atoms with Crippen LogP contribution in [-0.2, 0) is 21.0 Å². The van der Waals surface area contributed by atoms with E-state index in [1.165, 1.54) is 12.1 Å². The molecule has 1 saturated heterocycles. The number of rotatable bonds is 3. The van der Waals surface area contributed by atoms with Crippen molar-refractivity contribution < 1.29 is 26.4 Å². The number of nitrogens with one attached hydrogen (secondary N) is 1. The molecule has 0 bridgehead atoms. The van der Waals surface area contributed by atoms with Gasteiger partial charge in [-0.3, -0.25) is 4.79 Å². The lowest BCUT2D eigenvalue weighted by Crippen LogP contribution is -2.48. The molecule has 1 aromatic rings. The molecule has 1 N–H and O–H groups in total. The zero-order chi connectivity index (χ0) is 22.2. The highest BCUT2D eigenvalue weighted by molar-refractivity contribution is 7.90. The Hall–Kier alpha value is -2.89. The van der Waals surface area contributed by atoms with Gasteiger partial charge < -0.3 is 15.1 Å². The van der Waals surface area contributed by atoms with Crippen molar-refractivity contribution in [3.63, 3.8) is 0 Å². The maximum Gasteiger partial charge on any atom is 0.417 e. The van der Waals surface area contributed by atoms with Crippen LogP contribution in [0.15, 0.2) is 46.7 Å². The zero-order valence-electron chi connectivity index (χ0n) is 16.3. The second-order valence-corrected chi connectivity index (χ2v) is 9.21. The molecule has 4 rings (SSSR count). The first-order chi connectivity index (χ1) is 14.6. The predicted octanol–water partition coefficient (Wildman–Crippen LogP) is 1.68. The van der Waals surface area contributed by atoms with Gasteiger partial charge >= 0.3 is 6.18 Å². The summed E-state index contributed by atoms with van der Waals surface area (Å²) >= 11 is 0. The lowest BCUT2D eigenvalue weighted by molar-refractivity contribution is -0.137. The molecule has 0 radical (unpaired) electrons. The van der Waals surface area contributed by atoms with Gasteiger partial charge in [-0.2, -0.15) is 13.2 Å². The van der Waals surface area contributed by atoms with Crippen LogP contribution in [0.2, 0.25) is 0 Å². The van der Waals surface area contributed by atoms with Crippen LogP contribution in [0.1, 0.15) is 18.4 Å². The van der Waals surface area contributed by atoms with E-state index in [4.69, 9.17) is 0 Å². The number of amides is 1. The number of hydrogen-bond acceptors (Lipinski definition) is 6. The van der Waals surface area contributed by atoms with Crippen molar-refractivity contribution in [2.45, 2.75) is 25.1 Å². The maximum atomic E-state index is 12.8. The third-order valence-electron chi connectivity index (χ3n) is 5.33. The summed E-state index contributed by atoms with van der Waals surface area (Å²) in [4.78, 5) is 20.2. The minimum absolute atomic E-state index is 0.105. The number of sulfonamides is 1. The van der Waals surface area contributed by atoms with Crippen molar-refractivity contribution >= 4 is 27.6 Å². The van der Waals surface area contributed by atoms with E-state index in [1.807, 2.05) is 4.90 Å². The van der Waals surface area contributed by atoms with Gasteiger partial charge in [0.25, 0.3) is 15.9 Å². The molecule has 0 unspecified atom stereocenters. The van der Waals surface area contributed by atoms with E-state index in [1.54, 1.807) is 17.2 Å². The first kappa shape index (κ1) is 21.3. The molecule has 166 valence electrons. The summed E-state index contributed by atoms with van der Waals surface area (Å²) in [5.41, 5.74) is -0.604. The Morgan fingerprint density at radius 1 is 1.16 bits per heavy atom. The Bertz CT molecular complexity index is 1060. The van der Waals surface area contributed by atoms with Crippen molar-refractivity contribution in [3.05, 3.63) is 47.8 Å². The number of nitrogens with zero attached hydrogens (tertiary/aromatic N) is 4. The van der Waals surface area contributed by atoms with Crippen LogP contribution in [0.3, 0.4) is 0 Å². The Morgan fingerprint density at radius 2 is 1.90 bits per heavy atom. The molecule has 0 spiro atoms. The molecule has 0 aromatic carbocycles. The maximum absolute atomic E-state index is 12.8. The van der Waals surface area contributed by atoms with Crippen molar-refractivity contribution in [3.8, 4) is 0 Å². The smallest absolute Gasteiger partial charge is 0.356 e. The van der Waals surface area contributed by atoms with Crippen molar-refractivity contribution in [1.29, 1.82) is 0 Å². The van der Waals surface area contributed by atoms with Gasteiger partial charge in [-0.25, -0.2) is 13.4 Å². The molecule has 1 fully saturated rings. The number of pyridine rings is 1. The van der Waals surface area contributed by atoms with E-state index < -0.39 is 27.7 Å². The van der Waals surface area contributed by atoms with E-state index in [-0.39, 0.29) is 29.7 Å². The number of fused-ring (bicyclic) bond motifs is 1. The molecule has 8 nitrogen and oxygen atoms in total.